The molecule has 6 heteroatoms. The molecule has 1 saturated carbocycles. The molecular weight excluding hydrogens is 336 g/mol. The van der Waals surface area contributed by atoms with E-state index < -0.39 is 0 Å². The number of benzene rings is 1. The molecule has 0 amide bonds. The zero-order valence-electron chi connectivity index (χ0n) is 15.8. The zero-order valence-corrected chi connectivity index (χ0v) is 15.8. The van der Waals surface area contributed by atoms with E-state index in [-0.39, 0.29) is 0 Å². The molecule has 0 radical (unpaired) electrons. The lowest BCUT2D eigenvalue weighted by Crippen LogP contribution is -2.28. The molecule has 2 aromatic heterocycles. The van der Waals surface area contributed by atoms with E-state index in [1.54, 1.807) is 6.33 Å². The van der Waals surface area contributed by atoms with E-state index in [1.165, 1.54) is 37.1 Å². The molecule has 1 aliphatic carbocycles. The maximum absolute atomic E-state index is 4.69. The van der Waals surface area contributed by atoms with E-state index in [4.69, 9.17) is 0 Å². The Morgan fingerprint density at radius 1 is 1.15 bits per heavy atom. The summed E-state index contributed by atoms with van der Waals surface area (Å²) in [5, 5.41) is 13.1. The lowest BCUT2D eigenvalue weighted by Gasteiger charge is -2.24. The van der Waals surface area contributed by atoms with Crippen LogP contribution in [0.1, 0.15) is 36.4 Å². The lowest BCUT2D eigenvalue weighted by atomic mass is 10.1. The number of hydrogen-bond acceptors (Lipinski definition) is 5. The molecule has 0 spiro atoms. The summed E-state index contributed by atoms with van der Waals surface area (Å²) in [5.74, 6) is 1.30. The summed E-state index contributed by atoms with van der Waals surface area (Å²) in [6.45, 7) is 4.43. The van der Waals surface area contributed by atoms with Crippen molar-refractivity contribution < 1.29 is 0 Å². The van der Waals surface area contributed by atoms with Crippen LogP contribution in [0.2, 0.25) is 0 Å². The summed E-state index contributed by atoms with van der Waals surface area (Å²) in [6.07, 6.45) is 5.47. The van der Waals surface area contributed by atoms with Crippen LogP contribution in [0.3, 0.4) is 0 Å². The van der Waals surface area contributed by atoms with Crippen LogP contribution in [-0.4, -0.2) is 51.4 Å². The van der Waals surface area contributed by atoms with Gasteiger partial charge in [0.05, 0.1) is 11.4 Å². The van der Waals surface area contributed by atoms with Crippen LogP contribution in [0, 0.1) is 5.92 Å². The summed E-state index contributed by atoms with van der Waals surface area (Å²) in [5.41, 5.74) is 4.60. The molecule has 5 rings (SSSR count). The second-order valence-corrected chi connectivity index (χ2v) is 8.08. The van der Waals surface area contributed by atoms with Gasteiger partial charge >= 0.3 is 0 Å². The predicted octanol–water partition coefficient (Wildman–Crippen LogP) is 2.96. The first-order valence-corrected chi connectivity index (χ1v) is 9.94. The number of nitrogens with zero attached hydrogens (tertiary/aromatic N) is 6. The quantitative estimate of drug-likeness (QED) is 0.675. The number of fused-ring (bicyclic) bond motifs is 1. The van der Waals surface area contributed by atoms with Crippen molar-refractivity contribution in [3.63, 3.8) is 0 Å². The maximum Gasteiger partial charge on any atom is 0.200 e. The molecular formula is C21H26N6. The van der Waals surface area contributed by atoms with Crippen molar-refractivity contribution in [2.75, 3.05) is 31.6 Å². The van der Waals surface area contributed by atoms with Crippen molar-refractivity contribution in [1.82, 2.24) is 24.7 Å². The third-order valence-electron chi connectivity index (χ3n) is 5.83. The van der Waals surface area contributed by atoms with Crippen molar-refractivity contribution in [3.05, 3.63) is 54.0 Å². The van der Waals surface area contributed by atoms with Gasteiger partial charge in [-0.05, 0) is 43.4 Å². The van der Waals surface area contributed by atoms with Gasteiger partial charge in [-0.25, -0.2) is 0 Å². The largest absolute Gasteiger partial charge is 0.371 e. The molecule has 1 aliphatic heterocycles. The molecule has 1 atom stereocenters. The van der Waals surface area contributed by atoms with E-state index in [1.807, 2.05) is 4.52 Å². The molecule has 1 aromatic carbocycles. The van der Waals surface area contributed by atoms with Crippen LogP contribution in [0.4, 0.5) is 5.69 Å². The highest BCUT2D eigenvalue weighted by Gasteiger charge is 2.28. The second kappa shape index (κ2) is 6.93. The van der Waals surface area contributed by atoms with Crippen molar-refractivity contribution in [2.45, 2.75) is 31.7 Å². The molecule has 2 aliphatic rings. The van der Waals surface area contributed by atoms with Crippen LogP contribution >= 0.6 is 0 Å². The molecule has 6 nitrogen and oxygen atoms in total. The van der Waals surface area contributed by atoms with Crippen molar-refractivity contribution >= 4 is 11.3 Å². The van der Waals surface area contributed by atoms with Crippen molar-refractivity contribution in [2.24, 2.45) is 5.92 Å². The summed E-state index contributed by atoms with van der Waals surface area (Å²) in [4.78, 5) is 4.93. The smallest absolute Gasteiger partial charge is 0.200 e. The van der Waals surface area contributed by atoms with Crippen molar-refractivity contribution in [1.29, 1.82) is 0 Å². The fourth-order valence-electron chi connectivity index (χ4n) is 4.22. The summed E-state index contributed by atoms with van der Waals surface area (Å²) in [6, 6.07) is 13.0. The molecule has 1 unspecified atom stereocenters. The molecule has 3 aromatic rings. The topological polar surface area (TPSA) is 49.6 Å². The average Bonchev–Trinajstić information content (AvgIpc) is 3.27. The predicted molar refractivity (Wildman–Crippen MR) is 106 cm³/mol. The average molecular weight is 362 g/mol. The van der Waals surface area contributed by atoms with Gasteiger partial charge in [-0.3, -0.25) is 4.90 Å². The SMILES string of the molecule is CN(CC1CCN(Cc2ccccc2)C1)c1cc(C2CC2)nn2cnnc12. The molecule has 2 fully saturated rings. The van der Waals surface area contributed by atoms with Gasteiger partial charge in [0.1, 0.15) is 6.33 Å². The Balaban J connectivity index is 1.27. The monoisotopic (exact) mass is 362 g/mol. The second-order valence-electron chi connectivity index (χ2n) is 8.08. The number of aromatic nitrogens is 4. The van der Waals surface area contributed by atoms with E-state index in [0.29, 0.717) is 11.8 Å². The fourth-order valence-corrected chi connectivity index (χ4v) is 4.22. The first kappa shape index (κ1) is 16.7. The maximum atomic E-state index is 4.69. The Kier molecular flexibility index (Phi) is 4.28. The third kappa shape index (κ3) is 3.54. The Labute approximate surface area is 159 Å². The summed E-state index contributed by atoms with van der Waals surface area (Å²) in [7, 11) is 2.18. The Morgan fingerprint density at radius 3 is 2.81 bits per heavy atom. The number of anilines is 1. The highest BCUT2D eigenvalue weighted by atomic mass is 15.4. The van der Waals surface area contributed by atoms with E-state index in [9.17, 15) is 0 Å². The Morgan fingerprint density at radius 2 is 2.00 bits per heavy atom. The van der Waals surface area contributed by atoms with Gasteiger partial charge in [-0.15, -0.1) is 10.2 Å². The van der Waals surface area contributed by atoms with E-state index in [0.717, 1.165) is 31.0 Å². The van der Waals surface area contributed by atoms with E-state index >= 15 is 0 Å². The van der Waals surface area contributed by atoms with Gasteiger partial charge in [-0.2, -0.15) is 9.61 Å². The fraction of sp³-hybridized carbons (Fsp3) is 0.476. The first-order valence-electron chi connectivity index (χ1n) is 9.94. The van der Waals surface area contributed by atoms with Gasteiger partial charge in [-0.1, -0.05) is 30.3 Å². The molecule has 0 N–H and O–H groups in total. The minimum atomic E-state index is 0.622. The standard InChI is InChI=1S/C21H26N6/c1-25(12-17-9-10-26(14-17)13-16-5-3-2-4-6-16)20-11-19(18-7-8-18)24-27-15-22-23-21(20)27/h2-6,11,15,17-18H,7-10,12-14H2,1H3. The third-order valence-corrected chi connectivity index (χ3v) is 5.83. The molecule has 3 heterocycles. The van der Waals surface area contributed by atoms with Crippen LogP contribution in [0.15, 0.2) is 42.7 Å². The van der Waals surface area contributed by atoms with Gasteiger partial charge in [0.2, 0.25) is 5.65 Å². The van der Waals surface area contributed by atoms with Gasteiger partial charge in [0.25, 0.3) is 0 Å². The zero-order chi connectivity index (χ0) is 18.2. The number of likely N-dealkylation sites (tertiary alicyclic amines) is 1. The van der Waals surface area contributed by atoms with Crippen molar-refractivity contribution in [3.8, 4) is 0 Å². The number of hydrogen-bond donors (Lipinski definition) is 0. The highest BCUT2D eigenvalue weighted by Crippen LogP contribution is 2.40. The minimum absolute atomic E-state index is 0.622. The highest BCUT2D eigenvalue weighted by molar-refractivity contribution is 5.68. The van der Waals surface area contributed by atoms with Crippen LogP contribution in [0.5, 0.6) is 0 Å². The lowest BCUT2D eigenvalue weighted by molar-refractivity contribution is 0.317. The van der Waals surface area contributed by atoms with Crippen LogP contribution in [-0.2, 0) is 6.54 Å². The molecule has 27 heavy (non-hydrogen) atoms. The Bertz CT molecular complexity index is 917. The Hall–Kier alpha value is -2.47. The first-order chi connectivity index (χ1) is 13.3. The van der Waals surface area contributed by atoms with Crippen LogP contribution < -0.4 is 4.90 Å². The molecule has 0 bridgehead atoms. The van der Waals surface area contributed by atoms with Gasteiger partial charge < -0.3 is 4.90 Å². The normalized spacial score (nSPS) is 20.4. The minimum Gasteiger partial charge on any atom is -0.371 e. The van der Waals surface area contributed by atoms with Gasteiger partial charge in [0, 0.05) is 32.6 Å². The van der Waals surface area contributed by atoms with Crippen LogP contribution in [0.25, 0.3) is 5.65 Å². The van der Waals surface area contributed by atoms with Gasteiger partial charge in [0.15, 0.2) is 0 Å². The number of rotatable bonds is 6. The molecule has 1 saturated heterocycles. The summed E-state index contributed by atoms with van der Waals surface area (Å²) < 4.78 is 1.84. The molecule has 140 valence electrons. The summed E-state index contributed by atoms with van der Waals surface area (Å²) >= 11 is 0. The van der Waals surface area contributed by atoms with E-state index in [2.05, 4.69) is 68.5 Å².